The van der Waals surface area contributed by atoms with Crippen molar-refractivity contribution in [2.24, 2.45) is 11.7 Å². The van der Waals surface area contributed by atoms with E-state index in [0.29, 0.717) is 0 Å². The van der Waals surface area contributed by atoms with E-state index in [0.717, 1.165) is 23.8 Å². The number of nitrogens with zero attached hydrogens (tertiary/aromatic N) is 1. The van der Waals surface area contributed by atoms with E-state index in [-0.39, 0.29) is 6.04 Å². The van der Waals surface area contributed by atoms with Crippen molar-refractivity contribution in [1.29, 1.82) is 0 Å². The predicted molar refractivity (Wildman–Crippen MR) is 79.4 cm³/mol. The lowest BCUT2D eigenvalue weighted by Gasteiger charge is -2.34. The first-order valence-electron chi connectivity index (χ1n) is 7.35. The summed E-state index contributed by atoms with van der Waals surface area (Å²) in [5, 5.41) is 0. The zero-order valence-corrected chi connectivity index (χ0v) is 12.1. The molecule has 3 nitrogen and oxygen atoms in total. The molecule has 0 aromatic heterocycles. The molecule has 1 saturated heterocycles. The molecule has 1 aliphatic heterocycles. The Kier molecular flexibility index (Phi) is 5.23. The summed E-state index contributed by atoms with van der Waals surface area (Å²) in [5.41, 5.74) is 7.48. The van der Waals surface area contributed by atoms with Gasteiger partial charge in [-0.15, -0.1) is 0 Å². The molecule has 2 N–H and O–H groups in total. The molecule has 3 heteroatoms. The van der Waals surface area contributed by atoms with Gasteiger partial charge in [-0.2, -0.15) is 0 Å². The van der Waals surface area contributed by atoms with E-state index in [2.05, 4.69) is 17.9 Å². The van der Waals surface area contributed by atoms with Crippen molar-refractivity contribution in [1.82, 2.24) is 4.90 Å². The molecular formula is C16H26N2O. The third kappa shape index (κ3) is 3.71. The zero-order valence-electron chi connectivity index (χ0n) is 12.1. The fourth-order valence-electron chi connectivity index (χ4n) is 3.00. The van der Waals surface area contributed by atoms with Gasteiger partial charge in [0, 0.05) is 24.7 Å². The molecule has 1 aromatic rings. The first-order valence-corrected chi connectivity index (χ1v) is 7.35. The average molecular weight is 262 g/mol. The molecule has 1 fully saturated rings. The van der Waals surface area contributed by atoms with Gasteiger partial charge in [0.1, 0.15) is 5.75 Å². The number of nitrogens with two attached hydrogens (primary N) is 1. The van der Waals surface area contributed by atoms with Gasteiger partial charge in [-0.3, -0.25) is 0 Å². The lowest BCUT2D eigenvalue weighted by Crippen LogP contribution is -2.39. The zero-order chi connectivity index (χ0) is 13.7. The smallest absolute Gasteiger partial charge is 0.123 e. The molecule has 106 valence electrons. The Bertz CT molecular complexity index is 394. The Morgan fingerprint density at radius 2 is 2.21 bits per heavy atom. The molecule has 19 heavy (non-hydrogen) atoms. The van der Waals surface area contributed by atoms with Crippen molar-refractivity contribution < 1.29 is 4.74 Å². The van der Waals surface area contributed by atoms with Crippen LogP contribution in [0.3, 0.4) is 0 Å². The second-order valence-electron chi connectivity index (χ2n) is 5.52. The van der Waals surface area contributed by atoms with Crippen LogP contribution in [-0.4, -0.2) is 31.6 Å². The number of para-hydroxylation sites is 1. The second-order valence-corrected chi connectivity index (χ2v) is 5.52. The summed E-state index contributed by atoms with van der Waals surface area (Å²) >= 11 is 0. The lowest BCUT2D eigenvalue weighted by molar-refractivity contribution is 0.163. The molecule has 1 aromatic carbocycles. The molecule has 2 rings (SSSR count). The molecule has 0 bridgehead atoms. The molecule has 0 aliphatic carbocycles. The average Bonchev–Trinajstić information content (AvgIpc) is 2.47. The normalized spacial score (nSPS) is 22.2. The van der Waals surface area contributed by atoms with E-state index >= 15 is 0 Å². The number of benzene rings is 1. The molecule has 2 atom stereocenters. The van der Waals surface area contributed by atoms with Gasteiger partial charge in [0.15, 0.2) is 0 Å². The number of methoxy groups -OCH3 is 1. The molecule has 2 unspecified atom stereocenters. The van der Waals surface area contributed by atoms with Gasteiger partial charge >= 0.3 is 0 Å². The summed E-state index contributed by atoms with van der Waals surface area (Å²) in [5.74, 6) is 1.75. The topological polar surface area (TPSA) is 38.5 Å². The summed E-state index contributed by atoms with van der Waals surface area (Å²) in [7, 11) is 1.71. The quantitative estimate of drug-likeness (QED) is 0.887. The Balaban J connectivity index is 1.98. The fourth-order valence-corrected chi connectivity index (χ4v) is 3.00. The lowest BCUT2D eigenvalue weighted by atomic mass is 9.95. The minimum atomic E-state index is 0.0340. The molecule has 0 amide bonds. The van der Waals surface area contributed by atoms with Gasteiger partial charge in [-0.25, -0.2) is 0 Å². The number of ether oxygens (including phenoxy) is 1. The van der Waals surface area contributed by atoms with Crippen LogP contribution in [0.1, 0.15) is 37.8 Å². The van der Waals surface area contributed by atoms with E-state index in [9.17, 15) is 0 Å². The number of piperidine rings is 1. The summed E-state index contributed by atoms with van der Waals surface area (Å²) in [6.45, 7) is 5.59. The minimum absolute atomic E-state index is 0.0340. The highest BCUT2D eigenvalue weighted by Crippen LogP contribution is 2.26. The summed E-state index contributed by atoms with van der Waals surface area (Å²) in [6.07, 6.45) is 3.95. The third-order valence-corrected chi connectivity index (χ3v) is 4.17. The van der Waals surface area contributed by atoms with E-state index < -0.39 is 0 Å². The van der Waals surface area contributed by atoms with Crippen LogP contribution < -0.4 is 10.5 Å². The highest BCUT2D eigenvalue weighted by Gasteiger charge is 2.21. The number of rotatable bonds is 5. The van der Waals surface area contributed by atoms with Gasteiger partial charge < -0.3 is 15.4 Å². The van der Waals surface area contributed by atoms with Crippen LogP contribution in [0.4, 0.5) is 0 Å². The van der Waals surface area contributed by atoms with Crippen LogP contribution in [0, 0.1) is 5.92 Å². The van der Waals surface area contributed by atoms with Gasteiger partial charge in [0.2, 0.25) is 0 Å². The number of hydrogen-bond acceptors (Lipinski definition) is 3. The Labute approximate surface area is 116 Å². The van der Waals surface area contributed by atoms with Crippen LogP contribution in [0.15, 0.2) is 24.3 Å². The molecule has 0 radical (unpaired) electrons. The fraction of sp³-hybridized carbons (Fsp3) is 0.625. The molecule has 1 aliphatic rings. The van der Waals surface area contributed by atoms with Gasteiger partial charge in [-0.05, 0) is 31.4 Å². The second kappa shape index (κ2) is 6.92. The maximum Gasteiger partial charge on any atom is 0.123 e. The maximum absolute atomic E-state index is 6.37. The van der Waals surface area contributed by atoms with Crippen LogP contribution in [0.2, 0.25) is 0 Å². The highest BCUT2D eigenvalue weighted by molar-refractivity contribution is 5.35. The van der Waals surface area contributed by atoms with Crippen LogP contribution >= 0.6 is 0 Å². The van der Waals surface area contributed by atoms with Gasteiger partial charge in [0.05, 0.1) is 7.11 Å². The Hall–Kier alpha value is -1.06. The van der Waals surface area contributed by atoms with E-state index in [1.165, 1.54) is 32.4 Å². The third-order valence-electron chi connectivity index (χ3n) is 4.17. The SMILES string of the molecule is CCC1CCCN(CC(N)c2ccccc2OC)C1. The molecular weight excluding hydrogens is 236 g/mol. The largest absolute Gasteiger partial charge is 0.496 e. The summed E-state index contributed by atoms with van der Waals surface area (Å²) < 4.78 is 5.40. The van der Waals surface area contributed by atoms with Crippen molar-refractivity contribution in [3.05, 3.63) is 29.8 Å². The highest BCUT2D eigenvalue weighted by atomic mass is 16.5. The van der Waals surface area contributed by atoms with E-state index in [1.807, 2.05) is 18.2 Å². The van der Waals surface area contributed by atoms with Crippen molar-refractivity contribution >= 4 is 0 Å². The first-order chi connectivity index (χ1) is 9.24. The molecule has 0 spiro atoms. The Morgan fingerprint density at radius 1 is 1.42 bits per heavy atom. The van der Waals surface area contributed by atoms with Crippen molar-refractivity contribution in [3.8, 4) is 5.75 Å². The molecule has 0 saturated carbocycles. The van der Waals surface area contributed by atoms with Crippen LogP contribution in [0.25, 0.3) is 0 Å². The van der Waals surface area contributed by atoms with Crippen molar-refractivity contribution in [2.75, 3.05) is 26.7 Å². The number of likely N-dealkylation sites (tertiary alicyclic amines) is 1. The van der Waals surface area contributed by atoms with E-state index in [1.54, 1.807) is 7.11 Å². The van der Waals surface area contributed by atoms with Crippen molar-refractivity contribution in [3.63, 3.8) is 0 Å². The maximum atomic E-state index is 6.37. The summed E-state index contributed by atoms with van der Waals surface area (Å²) in [6, 6.07) is 8.11. The van der Waals surface area contributed by atoms with Gasteiger partial charge in [0.25, 0.3) is 0 Å². The van der Waals surface area contributed by atoms with E-state index in [4.69, 9.17) is 10.5 Å². The number of hydrogen-bond donors (Lipinski definition) is 1. The molecule has 1 heterocycles. The first kappa shape index (κ1) is 14.4. The summed E-state index contributed by atoms with van der Waals surface area (Å²) in [4.78, 5) is 2.51. The minimum Gasteiger partial charge on any atom is -0.496 e. The van der Waals surface area contributed by atoms with Crippen LogP contribution in [0.5, 0.6) is 5.75 Å². The monoisotopic (exact) mass is 262 g/mol. The van der Waals surface area contributed by atoms with Crippen molar-refractivity contribution in [2.45, 2.75) is 32.2 Å². The van der Waals surface area contributed by atoms with Crippen LogP contribution in [-0.2, 0) is 0 Å². The van der Waals surface area contributed by atoms with Gasteiger partial charge in [-0.1, -0.05) is 31.5 Å². The predicted octanol–water partition coefficient (Wildman–Crippen LogP) is 2.82. The standard InChI is InChI=1S/C16H26N2O/c1-3-13-7-6-10-18(11-13)12-15(17)14-8-4-5-9-16(14)19-2/h4-5,8-9,13,15H,3,6-7,10-12,17H2,1-2H3. The Morgan fingerprint density at radius 3 is 2.95 bits per heavy atom.